The van der Waals surface area contributed by atoms with E-state index in [1.807, 2.05) is 20.8 Å². The van der Waals surface area contributed by atoms with Crippen molar-refractivity contribution in [2.45, 2.75) is 46.6 Å². The third-order valence-electron chi connectivity index (χ3n) is 3.79. The highest BCUT2D eigenvalue weighted by atomic mass is 16.2. The zero-order valence-electron chi connectivity index (χ0n) is 12.2. The first kappa shape index (κ1) is 16.9. The lowest BCUT2D eigenvalue weighted by molar-refractivity contribution is -0.138. The Labute approximate surface area is 110 Å². The molecule has 0 fully saturated rings. The van der Waals surface area contributed by atoms with Crippen LogP contribution in [-0.2, 0) is 9.59 Å². The molecule has 18 heavy (non-hydrogen) atoms. The predicted molar refractivity (Wildman–Crippen MR) is 73.0 cm³/mol. The van der Waals surface area contributed by atoms with Gasteiger partial charge in [-0.15, -0.1) is 0 Å². The smallest absolute Gasteiger partial charge is 0.244 e. The number of nitrogens with one attached hydrogen (secondary N) is 1. The van der Waals surface area contributed by atoms with Gasteiger partial charge in [0.05, 0.1) is 5.41 Å². The van der Waals surface area contributed by atoms with Crippen molar-refractivity contribution >= 4 is 11.8 Å². The molecule has 0 aliphatic heterocycles. The fourth-order valence-electron chi connectivity index (χ4n) is 1.85. The van der Waals surface area contributed by atoms with Crippen molar-refractivity contribution in [2.24, 2.45) is 11.1 Å². The fourth-order valence-corrected chi connectivity index (χ4v) is 1.85. The summed E-state index contributed by atoms with van der Waals surface area (Å²) in [6.07, 6.45) is 1.35. The molecule has 0 saturated heterocycles. The van der Waals surface area contributed by atoms with Gasteiger partial charge in [0.1, 0.15) is 6.04 Å². The van der Waals surface area contributed by atoms with E-state index >= 15 is 0 Å². The second kappa shape index (κ2) is 7.36. The third-order valence-corrected chi connectivity index (χ3v) is 3.79. The molecule has 0 aromatic carbocycles. The zero-order chi connectivity index (χ0) is 14.3. The van der Waals surface area contributed by atoms with E-state index in [2.05, 4.69) is 5.32 Å². The number of hydrogen-bond donors (Lipinski definition) is 2. The monoisotopic (exact) mass is 257 g/mol. The number of amides is 2. The summed E-state index contributed by atoms with van der Waals surface area (Å²) in [6, 6.07) is -0.508. The molecule has 5 heteroatoms. The Kier molecular flexibility index (Phi) is 6.91. The third kappa shape index (κ3) is 3.70. The molecule has 0 heterocycles. The van der Waals surface area contributed by atoms with Crippen LogP contribution in [0.5, 0.6) is 0 Å². The van der Waals surface area contributed by atoms with Crippen LogP contribution in [0.15, 0.2) is 0 Å². The van der Waals surface area contributed by atoms with Crippen LogP contribution in [0.3, 0.4) is 0 Å². The molecule has 0 aromatic rings. The maximum atomic E-state index is 12.2. The van der Waals surface area contributed by atoms with Gasteiger partial charge < -0.3 is 16.0 Å². The number of nitrogens with two attached hydrogens (primary N) is 1. The molecule has 5 nitrogen and oxygen atoms in total. The summed E-state index contributed by atoms with van der Waals surface area (Å²) >= 11 is 0. The number of carbonyl (C=O) groups is 2. The van der Waals surface area contributed by atoms with Crippen molar-refractivity contribution in [1.29, 1.82) is 0 Å². The van der Waals surface area contributed by atoms with E-state index in [1.54, 1.807) is 18.9 Å². The number of nitrogens with zero attached hydrogens (tertiary/aromatic N) is 1. The fraction of sp³-hybridized carbons (Fsp3) is 0.846. The molecule has 0 spiro atoms. The van der Waals surface area contributed by atoms with Crippen LogP contribution < -0.4 is 11.1 Å². The van der Waals surface area contributed by atoms with Crippen molar-refractivity contribution < 1.29 is 9.59 Å². The maximum absolute atomic E-state index is 12.2. The second-order valence-corrected chi connectivity index (χ2v) is 4.74. The predicted octanol–water partition coefficient (Wildman–Crippen LogP) is 0.735. The van der Waals surface area contributed by atoms with Gasteiger partial charge in [-0.05, 0) is 26.7 Å². The van der Waals surface area contributed by atoms with Crippen LogP contribution in [0.2, 0.25) is 0 Å². The molecule has 0 aromatic heterocycles. The molecular formula is C13H27N3O2. The molecule has 2 amide bonds. The van der Waals surface area contributed by atoms with E-state index in [-0.39, 0.29) is 11.8 Å². The van der Waals surface area contributed by atoms with Crippen LogP contribution in [0.25, 0.3) is 0 Å². The normalized spacial score (nSPS) is 13.0. The van der Waals surface area contributed by atoms with Crippen molar-refractivity contribution in [1.82, 2.24) is 10.2 Å². The first-order valence-corrected chi connectivity index (χ1v) is 6.64. The minimum Gasteiger partial charge on any atom is -0.344 e. The van der Waals surface area contributed by atoms with Crippen LogP contribution in [0.4, 0.5) is 0 Å². The molecule has 0 aliphatic rings. The number of rotatable bonds is 7. The minimum absolute atomic E-state index is 0.0797. The van der Waals surface area contributed by atoms with Gasteiger partial charge in [0.25, 0.3) is 0 Å². The lowest BCUT2D eigenvalue weighted by atomic mass is 9.81. The molecule has 0 saturated carbocycles. The molecule has 3 N–H and O–H groups in total. The van der Waals surface area contributed by atoms with Crippen molar-refractivity contribution in [3.63, 3.8) is 0 Å². The summed E-state index contributed by atoms with van der Waals surface area (Å²) in [7, 11) is 1.72. The average molecular weight is 257 g/mol. The van der Waals surface area contributed by atoms with Crippen LogP contribution in [-0.4, -0.2) is 42.9 Å². The highest BCUT2D eigenvalue weighted by Gasteiger charge is 2.35. The summed E-state index contributed by atoms with van der Waals surface area (Å²) in [6.45, 7) is 8.42. The highest BCUT2D eigenvalue weighted by Crippen LogP contribution is 2.25. The summed E-state index contributed by atoms with van der Waals surface area (Å²) in [5.41, 5.74) is 5.16. The van der Waals surface area contributed by atoms with Gasteiger partial charge >= 0.3 is 0 Å². The molecule has 0 rings (SSSR count). The quantitative estimate of drug-likeness (QED) is 0.706. The molecular weight excluding hydrogens is 230 g/mol. The van der Waals surface area contributed by atoms with Crippen molar-refractivity contribution in [3.8, 4) is 0 Å². The minimum atomic E-state index is -0.556. The zero-order valence-corrected chi connectivity index (χ0v) is 12.2. The Balaban J connectivity index is 4.69. The molecule has 1 unspecified atom stereocenters. The van der Waals surface area contributed by atoms with E-state index < -0.39 is 11.5 Å². The van der Waals surface area contributed by atoms with Crippen LogP contribution in [0.1, 0.15) is 40.5 Å². The van der Waals surface area contributed by atoms with E-state index in [0.717, 1.165) is 0 Å². The summed E-state index contributed by atoms with van der Waals surface area (Å²) < 4.78 is 0. The van der Waals surface area contributed by atoms with Crippen molar-refractivity contribution in [2.75, 3.05) is 20.1 Å². The largest absolute Gasteiger partial charge is 0.344 e. The van der Waals surface area contributed by atoms with E-state index in [0.29, 0.717) is 25.9 Å². The Morgan fingerprint density at radius 3 is 2.11 bits per heavy atom. The molecule has 0 bridgehead atoms. The lowest BCUT2D eigenvalue weighted by Crippen LogP contribution is -2.52. The van der Waals surface area contributed by atoms with Gasteiger partial charge in [-0.2, -0.15) is 0 Å². The Morgan fingerprint density at radius 1 is 1.28 bits per heavy atom. The van der Waals surface area contributed by atoms with Gasteiger partial charge in [-0.25, -0.2) is 0 Å². The summed E-state index contributed by atoms with van der Waals surface area (Å²) in [5, 5.41) is 2.78. The van der Waals surface area contributed by atoms with E-state index in [1.165, 1.54) is 0 Å². The average Bonchev–Trinajstić information content (AvgIpc) is 2.39. The highest BCUT2D eigenvalue weighted by molar-refractivity contribution is 5.89. The standard InChI is InChI=1S/C13H27N3O2/c1-6-13(7-2,9-14)12(18)15-10(4)11(17)16(5)8-3/h10H,6-9,14H2,1-5H3,(H,15,18). The van der Waals surface area contributed by atoms with Crippen molar-refractivity contribution in [3.05, 3.63) is 0 Å². The van der Waals surface area contributed by atoms with Gasteiger partial charge in [-0.1, -0.05) is 13.8 Å². The molecule has 0 aliphatic carbocycles. The van der Waals surface area contributed by atoms with E-state index in [9.17, 15) is 9.59 Å². The number of likely N-dealkylation sites (N-methyl/N-ethyl adjacent to an activating group) is 1. The van der Waals surface area contributed by atoms with Gasteiger partial charge in [0, 0.05) is 20.1 Å². The molecule has 0 radical (unpaired) electrons. The lowest BCUT2D eigenvalue weighted by Gasteiger charge is -2.30. The molecule has 106 valence electrons. The topological polar surface area (TPSA) is 75.4 Å². The van der Waals surface area contributed by atoms with E-state index in [4.69, 9.17) is 5.73 Å². The summed E-state index contributed by atoms with van der Waals surface area (Å²) in [5.74, 6) is -0.204. The first-order chi connectivity index (χ1) is 8.38. The Morgan fingerprint density at radius 2 is 1.78 bits per heavy atom. The summed E-state index contributed by atoms with van der Waals surface area (Å²) in [4.78, 5) is 25.7. The number of hydrogen-bond acceptors (Lipinski definition) is 3. The van der Waals surface area contributed by atoms with Gasteiger partial charge in [0.2, 0.25) is 11.8 Å². The SMILES string of the molecule is CCN(C)C(=O)C(C)NC(=O)C(CC)(CC)CN. The second-order valence-electron chi connectivity index (χ2n) is 4.74. The molecule has 1 atom stereocenters. The number of carbonyl (C=O) groups excluding carboxylic acids is 2. The van der Waals surface area contributed by atoms with Crippen LogP contribution in [0, 0.1) is 5.41 Å². The van der Waals surface area contributed by atoms with Gasteiger partial charge in [0.15, 0.2) is 0 Å². The maximum Gasteiger partial charge on any atom is 0.244 e. The van der Waals surface area contributed by atoms with Gasteiger partial charge in [-0.3, -0.25) is 9.59 Å². The Bertz CT molecular complexity index is 280. The van der Waals surface area contributed by atoms with Crippen LogP contribution >= 0.6 is 0 Å². The first-order valence-electron chi connectivity index (χ1n) is 6.64. The Hall–Kier alpha value is -1.10.